The molecule has 1 aliphatic heterocycles. The average molecular weight is 339 g/mol. The van der Waals surface area contributed by atoms with Gasteiger partial charge in [-0.25, -0.2) is 0 Å². The molecule has 1 amide bonds. The number of hydrogen-bond donors (Lipinski definition) is 1. The number of aliphatic hydroxyl groups is 1. The van der Waals surface area contributed by atoms with Crippen molar-refractivity contribution in [1.29, 1.82) is 0 Å². The molecule has 1 atom stereocenters. The van der Waals surface area contributed by atoms with Gasteiger partial charge in [-0.15, -0.1) is 0 Å². The zero-order chi connectivity index (χ0) is 18.0. The highest BCUT2D eigenvalue weighted by molar-refractivity contribution is 6.46. The molecule has 130 valence electrons. The zero-order valence-electron chi connectivity index (χ0n) is 14.4. The van der Waals surface area contributed by atoms with Crippen LogP contribution in [0, 0.1) is 6.92 Å². The lowest BCUT2D eigenvalue weighted by Crippen LogP contribution is -2.30. The second kappa shape index (κ2) is 6.97. The number of likely N-dealkylation sites (tertiary alicyclic amines) is 1. The molecule has 0 bridgehead atoms. The average Bonchev–Trinajstić information content (AvgIpc) is 3.15. The Morgan fingerprint density at radius 2 is 1.88 bits per heavy atom. The van der Waals surface area contributed by atoms with Crippen molar-refractivity contribution in [2.45, 2.75) is 32.7 Å². The van der Waals surface area contributed by atoms with Crippen LogP contribution in [-0.2, 0) is 9.59 Å². The number of rotatable bonds is 5. The van der Waals surface area contributed by atoms with E-state index in [9.17, 15) is 14.7 Å². The van der Waals surface area contributed by atoms with Crippen LogP contribution in [-0.4, -0.2) is 28.2 Å². The van der Waals surface area contributed by atoms with Gasteiger partial charge in [0, 0.05) is 12.1 Å². The largest absolute Gasteiger partial charge is 0.507 e. The molecule has 2 heterocycles. The maximum atomic E-state index is 12.6. The first-order valence-electron chi connectivity index (χ1n) is 8.44. The summed E-state index contributed by atoms with van der Waals surface area (Å²) >= 11 is 0. The number of carbonyl (C=O) groups excluding carboxylic acids is 2. The van der Waals surface area contributed by atoms with Crippen LogP contribution in [0.5, 0.6) is 0 Å². The molecule has 1 aliphatic rings. The van der Waals surface area contributed by atoms with Gasteiger partial charge < -0.3 is 14.4 Å². The van der Waals surface area contributed by atoms with Gasteiger partial charge in [0.1, 0.15) is 23.3 Å². The molecule has 1 fully saturated rings. The van der Waals surface area contributed by atoms with E-state index in [0.717, 1.165) is 12.8 Å². The van der Waals surface area contributed by atoms with E-state index in [0.29, 0.717) is 23.6 Å². The third kappa shape index (κ3) is 3.09. The second-order valence-corrected chi connectivity index (χ2v) is 6.16. The Bertz CT molecular complexity index is 819. The van der Waals surface area contributed by atoms with Crippen LogP contribution < -0.4 is 0 Å². The third-order valence-corrected chi connectivity index (χ3v) is 4.37. The maximum absolute atomic E-state index is 12.6. The Morgan fingerprint density at radius 1 is 1.16 bits per heavy atom. The Kier molecular flexibility index (Phi) is 4.74. The van der Waals surface area contributed by atoms with E-state index in [1.165, 1.54) is 4.90 Å². The maximum Gasteiger partial charge on any atom is 0.295 e. The number of carbonyl (C=O) groups is 2. The number of unbranched alkanes of at least 4 members (excludes halogenated alkanes) is 1. The normalized spacial score (nSPS) is 19.6. The molecule has 0 spiro atoms. The van der Waals surface area contributed by atoms with Crippen LogP contribution in [0.4, 0.5) is 0 Å². The number of Topliss-reactive ketones (excluding diaryl/α,β-unsaturated/α-hetero) is 1. The molecule has 1 aromatic carbocycles. The van der Waals surface area contributed by atoms with Crippen molar-refractivity contribution in [3.05, 3.63) is 65.1 Å². The number of furan rings is 1. The highest BCUT2D eigenvalue weighted by atomic mass is 16.3. The predicted octanol–water partition coefficient (Wildman–Crippen LogP) is 3.81. The highest BCUT2D eigenvalue weighted by Gasteiger charge is 2.47. The number of amides is 1. The van der Waals surface area contributed by atoms with E-state index >= 15 is 0 Å². The van der Waals surface area contributed by atoms with E-state index in [2.05, 4.69) is 0 Å². The first kappa shape index (κ1) is 17.0. The lowest BCUT2D eigenvalue weighted by Gasteiger charge is -2.23. The summed E-state index contributed by atoms with van der Waals surface area (Å²) in [6.07, 6.45) is 1.67. The fourth-order valence-electron chi connectivity index (χ4n) is 3.09. The minimum absolute atomic E-state index is 0.0849. The second-order valence-electron chi connectivity index (χ2n) is 6.16. The van der Waals surface area contributed by atoms with E-state index in [-0.39, 0.29) is 11.3 Å². The fraction of sp³-hybridized carbons (Fsp3) is 0.300. The van der Waals surface area contributed by atoms with Crippen LogP contribution in [0.2, 0.25) is 0 Å². The van der Waals surface area contributed by atoms with Gasteiger partial charge in [0.2, 0.25) is 0 Å². The lowest BCUT2D eigenvalue weighted by atomic mass is 9.99. The fourth-order valence-corrected chi connectivity index (χ4v) is 3.09. The summed E-state index contributed by atoms with van der Waals surface area (Å²) < 4.78 is 5.70. The van der Waals surface area contributed by atoms with Crippen molar-refractivity contribution in [2.75, 3.05) is 6.54 Å². The minimum Gasteiger partial charge on any atom is -0.507 e. The third-order valence-electron chi connectivity index (χ3n) is 4.37. The zero-order valence-corrected chi connectivity index (χ0v) is 14.4. The van der Waals surface area contributed by atoms with E-state index in [4.69, 9.17) is 4.42 Å². The molecule has 1 unspecified atom stereocenters. The highest BCUT2D eigenvalue weighted by Crippen LogP contribution is 2.40. The summed E-state index contributed by atoms with van der Waals surface area (Å²) in [5.74, 6) is -0.250. The van der Waals surface area contributed by atoms with Gasteiger partial charge in [-0.3, -0.25) is 9.59 Å². The summed E-state index contributed by atoms with van der Waals surface area (Å²) in [6.45, 7) is 4.27. The van der Waals surface area contributed by atoms with Crippen molar-refractivity contribution < 1.29 is 19.1 Å². The number of aliphatic hydroxyl groups excluding tert-OH is 1. The SMILES string of the molecule is CCCCN1C(=O)C(=O)/C(=C(\O)c2ccccc2)C1c1ccc(C)o1. The van der Waals surface area contributed by atoms with Gasteiger partial charge in [0.15, 0.2) is 0 Å². The van der Waals surface area contributed by atoms with Crippen molar-refractivity contribution in [3.8, 4) is 0 Å². The van der Waals surface area contributed by atoms with Crippen LogP contribution in [0.3, 0.4) is 0 Å². The van der Waals surface area contributed by atoms with Crippen molar-refractivity contribution in [1.82, 2.24) is 4.90 Å². The Labute approximate surface area is 146 Å². The lowest BCUT2D eigenvalue weighted by molar-refractivity contribution is -0.140. The topological polar surface area (TPSA) is 70.8 Å². The standard InChI is InChI=1S/C20H21NO4/c1-3-4-12-21-17(15-11-10-13(2)25-15)16(19(23)20(21)24)18(22)14-8-6-5-7-9-14/h5-11,17,22H,3-4,12H2,1-2H3/b18-16-. The molecule has 2 aromatic rings. The smallest absolute Gasteiger partial charge is 0.295 e. The monoisotopic (exact) mass is 339 g/mol. The number of benzene rings is 1. The Balaban J connectivity index is 2.14. The van der Waals surface area contributed by atoms with Crippen molar-refractivity contribution in [3.63, 3.8) is 0 Å². The summed E-state index contributed by atoms with van der Waals surface area (Å²) in [7, 11) is 0. The molecule has 0 saturated carbocycles. The molecule has 1 saturated heterocycles. The molecule has 1 aromatic heterocycles. The molecule has 0 radical (unpaired) electrons. The number of hydrogen-bond acceptors (Lipinski definition) is 4. The van der Waals surface area contributed by atoms with Crippen LogP contribution >= 0.6 is 0 Å². The van der Waals surface area contributed by atoms with Gasteiger partial charge in [-0.1, -0.05) is 43.7 Å². The van der Waals surface area contributed by atoms with Crippen molar-refractivity contribution >= 4 is 17.4 Å². The van der Waals surface area contributed by atoms with E-state index in [1.54, 1.807) is 43.3 Å². The first-order valence-corrected chi connectivity index (χ1v) is 8.44. The minimum atomic E-state index is -0.694. The number of ketones is 1. The quantitative estimate of drug-likeness (QED) is 0.511. The predicted molar refractivity (Wildman–Crippen MR) is 93.8 cm³/mol. The summed E-state index contributed by atoms with van der Waals surface area (Å²) in [5.41, 5.74) is 0.589. The molecule has 5 nitrogen and oxygen atoms in total. The van der Waals surface area contributed by atoms with E-state index < -0.39 is 17.7 Å². The van der Waals surface area contributed by atoms with Gasteiger partial charge >= 0.3 is 0 Å². The summed E-state index contributed by atoms with van der Waals surface area (Å²) in [6, 6.07) is 11.6. The Hall–Kier alpha value is -2.82. The summed E-state index contributed by atoms with van der Waals surface area (Å²) in [5, 5.41) is 10.7. The van der Waals surface area contributed by atoms with Crippen LogP contribution in [0.25, 0.3) is 5.76 Å². The van der Waals surface area contributed by atoms with Gasteiger partial charge in [0.05, 0.1) is 5.57 Å². The molecular weight excluding hydrogens is 318 g/mol. The molecule has 5 heteroatoms. The van der Waals surface area contributed by atoms with Gasteiger partial charge in [0.25, 0.3) is 11.7 Å². The van der Waals surface area contributed by atoms with E-state index in [1.807, 2.05) is 13.0 Å². The molecule has 3 rings (SSSR count). The molecule has 0 aliphatic carbocycles. The molecular formula is C20H21NO4. The number of nitrogens with zero attached hydrogens (tertiary/aromatic N) is 1. The van der Waals surface area contributed by atoms with Gasteiger partial charge in [-0.2, -0.15) is 0 Å². The number of aryl methyl sites for hydroxylation is 1. The Morgan fingerprint density at radius 3 is 2.48 bits per heavy atom. The first-order chi connectivity index (χ1) is 12.0. The van der Waals surface area contributed by atoms with Gasteiger partial charge in [-0.05, 0) is 25.5 Å². The summed E-state index contributed by atoms with van der Waals surface area (Å²) in [4.78, 5) is 26.7. The molecule has 1 N–H and O–H groups in total. The molecule has 25 heavy (non-hydrogen) atoms. The van der Waals surface area contributed by atoms with Crippen molar-refractivity contribution in [2.24, 2.45) is 0 Å². The van der Waals surface area contributed by atoms with Crippen LogP contribution in [0.15, 0.2) is 52.5 Å². The van der Waals surface area contributed by atoms with Crippen LogP contribution in [0.1, 0.15) is 42.9 Å².